The van der Waals surface area contributed by atoms with Crippen molar-refractivity contribution in [2.75, 3.05) is 0 Å². The van der Waals surface area contributed by atoms with Crippen LogP contribution in [0.3, 0.4) is 0 Å². The average molecular weight is 273 g/mol. The molecule has 2 heterocycles. The minimum atomic E-state index is -0.202. The third-order valence-corrected chi connectivity index (χ3v) is 3.85. The molecule has 106 valence electrons. The predicted octanol–water partition coefficient (Wildman–Crippen LogP) is 1.66. The van der Waals surface area contributed by atoms with Crippen LogP contribution in [0.4, 0.5) is 0 Å². The van der Waals surface area contributed by atoms with Gasteiger partial charge < -0.3 is 5.32 Å². The van der Waals surface area contributed by atoms with Gasteiger partial charge in [0.15, 0.2) is 0 Å². The van der Waals surface area contributed by atoms with E-state index in [-0.39, 0.29) is 17.8 Å². The zero-order valence-corrected chi connectivity index (χ0v) is 12.1. The van der Waals surface area contributed by atoms with E-state index in [1.807, 2.05) is 19.9 Å². The summed E-state index contributed by atoms with van der Waals surface area (Å²) in [4.78, 5) is 20.7. The quantitative estimate of drug-likeness (QED) is 0.903. The van der Waals surface area contributed by atoms with Crippen LogP contribution < -0.4 is 5.32 Å². The van der Waals surface area contributed by atoms with Gasteiger partial charge in [0.1, 0.15) is 0 Å². The lowest BCUT2D eigenvalue weighted by molar-refractivity contribution is 0.0927. The molecule has 2 atom stereocenters. The van der Waals surface area contributed by atoms with E-state index >= 15 is 0 Å². The fourth-order valence-corrected chi connectivity index (χ4v) is 2.85. The molecule has 1 saturated carbocycles. The lowest BCUT2D eigenvalue weighted by Crippen LogP contribution is -2.33. The Bertz CT molecular complexity index is 663. The van der Waals surface area contributed by atoms with Crippen LogP contribution in [-0.4, -0.2) is 31.5 Å². The summed E-state index contributed by atoms with van der Waals surface area (Å²) in [6, 6.07) is 2.17. The van der Waals surface area contributed by atoms with Gasteiger partial charge in [-0.1, -0.05) is 6.92 Å². The molecule has 1 amide bonds. The average Bonchev–Trinajstić information content (AvgIpc) is 2.95. The van der Waals surface area contributed by atoms with E-state index in [1.165, 1.54) is 6.42 Å². The van der Waals surface area contributed by atoms with Crippen molar-refractivity contribution in [1.82, 2.24) is 24.9 Å². The van der Waals surface area contributed by atoms with Crippen molar-refractivity contribution in [3.8, 4) is 0 Å². The number of fused-ring (bicyclic) bond motifs is 1. The zero-order valence-electron chi connectivity index (χ0n) is 12.1. The Kier molecular flexibility index (Phi) is 3.16. The summed E-state index contributed by atoms with van der Waals surface area (Å²) in [5.41, 5.74) is 1.80. The van der Waals surface area contributed by atoms with Crippen LogP contribution >= 0.6 is 0 Å². The van der Waals surface area contributed by atoms with Crippen molar-refractivity contribution in [2.24, 2.45) is 5.92 Å². The molecular weight excluding hydrogens is 254 g/mol. The third kappa shape index (κ3) is 2.37. The van der Waals surface area contributed by atoms with Gasteiger partial charge in [0, 0.05) is 17.4 Å². The standard InChI is InChI=1S/C14H19N5O/c1-8-4-5-11(6-8)16-13(20)12-17-14-15-9(2)7-10(3)19(14)18-12/h7-8,11H,4-6H2,1-3H3,(H,16,20). The van der Waals surface area contributed by atoms with Crippen LogP contribution in [0.5, 0.6) is 0 Å². The van der Waals surface area contributed by atoms with Crippen molar-refractivity contribution in [3.63, 3.8) is 0 Å². The molecule has 1 aliphatic rings. The van der Waals surface area contributed by atoms with Crippen LogP contribution in [0.2, 0.25) is 0 Å². The first-order valence-electron chi connectivity index (χ1n) is 7.05. The number of rotatable bonds is 2. The summed E-state index contributed by atoms with van der Waals surface area (Å²) in [5.74, 6) is 1.16. The summed E-state index contributed by atoms with van der Waals surface area (Å²) >= 11 is 0. The topological polar surface area (TPSA) is 72.2 Å². The van der Waals surface area contributed by atoms with Gasteiger partial charge in [-0.15, -0.1) is 5.10 Å². The largest absolute Gasteiger partial charge is 0.347 e. The van der Waals surface area contributed by atoms with Gasteiger partial charge in [-0.2, -0.15) is 4.98 Å². The molecule has 2 aromatic rings. The van der Waals surface area contributed by atoms with E-state index < -0.39 is 0 Å². The third-order valence-electron chi connectivity index (χ3n) is 3.85. The molecule has 6 nitrogen and oxygen atoms in total. The Morgan fingerprint density at radius 1 is 1.35 bits per heavy atom. The minimum absolute atomic E-state index is 0.200. The highest BCUT2D eigenvalue weighted by Crippen LogP contribution is 2.24. The fraction of sp³-hybridized carbons (Fsp3) is 0.571. The van der Waals surface area contributed by atoms with Gasteiger partial charge in [0.25, 0.3) is 11.7 Å². The molecule has 1 fully saturated rings. The van der Waals surface area contributed by atoms with Gasteiger partial charge in [-0.25, -0.2) is 9.50 Å². The maximum absolute atomic E-state index is 12.2. The van der Waals surface area contributed by atoms with Crippen LogP contribution in [0.1, 0.15) is 48.2 Å². The molecule has 0 aromatic carbocycles. The monoisotopic (exact) mass is 273 g/mol. The summed E-state index contributed by atoms with van der Waals surface area (Å²) < 4.78 is 1.61. The second-order valence-corrected chi connectivity index (χ2v) is 5.77. The predicted molar refractivity (Wildman–Crippen MR) is 74.5 cm³/mol. The smallest absolute Gasteiger partial charge is 0.291 e. The molecule has 0 radical (unpaired) electrons. The van der Waals surface area contributed by atoms with E-state index in [2.05, 4.69) is 27.3 Å². The maximum Gasteiger partial charge on any atom is 0.291 e. The molecule has 20 heavy (non-hydrogen) atoms. The summed E-state index contributed by atoms with van der Waals surface area (Å²) in [5, 5.41) is 7.26. The molecule has 2 unspecified atom stereocenters. The number of amides is 1. The summed E-state index contributed by atoms with van der Waals surface area (Å²) in [7, 11) is 0. The van der Waals surface area contributed by atoms with Crippen molar-refractivity contribution in [2.45, 2.75) is 46.1 Å². The minimum Gasteiger partial charge on any atom is -0.347 e. The Labute approximate surface area is 117 Å². The molecule has 1 N–H and O–H groups in total. The van der Waals surface area contributed by atoms with Crippen molar-refractivity contribution in [1.29, 1.82) is 0 Å². The second kappa shape index (κ2) is 4.85. The highest BCUT2D eigenvalue weighted by atomic mass is 16.2. The zero-order chi connectivity index (χ0) is 14.3. The first kappa shape index (κ1) is 13.0. The first-order valence-corrected chi connectivity index (χ1v) is 7.05. The summed E-state index contributed by atoms with van der Waals surface area (Å²) in [6.45, 7) is 6.05. The first-order chi connectivity index (χ1) is 9.52. The Morgan fingerprint density at radius 2 is 2.15 bits per heavy atom. The molecule has 2 aromatic heterocycles. The molecular formula is C14H19N5O. The van der Waals surface area contributed by atoms with Crippen LogP contribution in [-0.2, 0) is 0 Å². The van der Waals surface area contributed by atoms with Gasteiger partial charge in [-0.05, 0) is 45.1 Å². The fourth-order valence-electron chi connectivity index (χ4n) is 2.85. The number of carbonyl (C=O) groups is 1. The van der Waals surface area contributed by atoms with Gasteiger partial charge in [0.05, 0.1) is 0 Å². The molecule has 0 bridgehead atoms. The molecule has 0 saturated heterocycles. The Morgan fingerprint density at radius 3 is 2.85 bits per heavy atom. The lowest BCUT2D eigenvalue weighted by atomic mass is 10.1. The highest BCUT2D eigenvalue weighted by molar-refractivity contribution is 5.91. The normalized spacial score (nSPS) is 22.4. The van der Waals surface area contributed by atoms with Gasteiger partial charge >= 0.3 is 0 Å². The number of hydrogen-bond donors (Lipinski definition) is 1. The lowest BCUT2D eigenvalue weighted by Gasteiger charge is -2.10. The van der Waals surface area contributed by atoms with E-state index in [1.54, 1.807) is 4.52 Å². The van der Waals surface area contributed by atoms with E-state index in [9.17, 15) is 4.79 Å². The second-order valence-electron chi connectivity index (χ2n) is 5.77. The Balaban J connectivity index is 1.83. The van der Waals surface area contributed by atoms with Crippen LogP contribution in [0.25, 0.3) is 5.78 Å². The number of hydrogen-bond acceptors (Lipinski definition) is 4. The van der Waals surface area contributed by atoms with E-state index in [0.29, 0.717) is 11.7 Å². The SMILES string of the molecule is Cc1cc(C)n2nc(C(=O)NC3CCC(C)C3)nc2n1. The number of nitrogens with zero attached hydrogens (tertiary/aromatic N) is 4. The van der Waals surface area contributed by atoms with Crippen LogP contribution in [0.15, 0.2) is 6.07 Å². The summed E-state index contributed by atoms with van der Waals surface area (Å²) in [6.07, 6.45) is 3.25. The molecule has 0 spiro atoms. The molecule has 1 aliphatic carbocycles. The number of aromatic nitrogens is 4. The highest BCUT2D eigenvalue weighted by Gasteiger charge is 2.24. The van der Waals surface area contributed by atoms with Gasteiger partial charge in [-0.3, -0.25) is 4.79 Å². The van der Waals surface area contributed by atoms with Gasteiger partial charge in [0.2, 0.25) is 5.82 Å². The Hall–Kier alpha value is -1.98. The molecule has 6 heteroatoms. The molecule has 3 rings (SSSR count). The van der Waals surface area contributed by atoms with Crippen molar-refractivity contribution < 1.29 is 4.79 Å². The number of aryl methyl sites for hydroxylation is 2. The van der Waals surface area contributed by atoms with Crippen molar-refractivity contribution >= 4 is 11.7 Å². The van der Waals surface area contributed by atoms with Crippen LogP contribution in [0, 0.1) is 19.8 Å². The number of nitrogens with one attached hydrogen (secondary N) is 1. The maximum atomic E-state index is 12.2. The number of carbonyl (C=O) groups excluding carboxylic acids is 1. The van der Waals surface area contributed by atoms with E-state index in [4.69, 9.17) is 0 Å². The van der Waals surface area contributed by atoms with E-state index in [0.717, 1.165) is 24.2 Å². The van der Waals surface area contributed by atoms with Crippen molar-refractivity contribution in [3.05, 3.63) is 23.3 Å². The molecule has 0 aliphatic heterocycles.